The third-order valence-corrected chi connectivity index (χ3v) is 5.10. The first-order valence-electron chi connectivity index (χ1n) is 9.44. The standard InChI is InChI=1S/C24H20N2O4/c1-15-6-8-17(9-7-15)22(27)20-21(16-10-12-18(30-2)13-11-16)26(24(29)23(20)28)19-5-3-4-14-25-19/h3-14,21,27H,1-2H3/b22-20+/t21-/m0/s1. The van der Waals surface area contributed by atoms with E-state index in [4.69, 9.17) is 4.74 Å². The topological polar surface area (TPSA) is 79.7 Å². The Balaban J connectivity index is 1.92. The first-order valence-corrected chi connectivity index (χ1v) is 9.44. The summed E-state index contributed by atoms with van der Waals surface area (Å²) in [6.45, 7) is 1.93. The van der Waals surface area contributed by atoms with Crippen LogP contribution in [-0.2, 0) is 9.59 Å². The molecule has 0 radical (unpaired) electrons. The molecule has 0 aliphatic carbocycles. The molecule has 1 aromatic heterocycles. The number of pyridine rings is 1. The van der Waals surface area contributed by atoms with Crippen molar-refractivity contribution in [2.24, 2.45) is 0 Å². The van der Waals surface area contributed by atoms with Crippen LogP contribution in [0.4, 0.5) is 5.82 Å². The number of aryl methyl sites for hydroxylation is 1. The molecule has 0 saturated carbocycles. The lowest BCUT2D eigenvalue weighted by atomic mass is 9.95. The summed E-state index contributed by atoms with van der Waals surface area (Å²) in [7, 11) is 1.56. The van der Waals surface area contributed by atoms with Crippen LogP contribution in [-0.4, -0.2) is 28.9 Å². The number of anilines is 1. The first kappa shape index (κ1) is 19.4. The van der Waals surface area contributed by atoms with E-state index in [9.17, 15) is 14.7 Å². The Hall–Kier alpha value is -3.93. The number of ketones is 1. The van der Waals surface area contributed by atoms with E-state index in [0.29, 0.717) is 22.7 Å². The number of amides is 1. The van der Waals surface area contributed by atoms with Crippen molar-refractivity contribution in [3.63, 3.8) is 0 Å². The van der Waals surface area contributed by atoms with E-state index < -0.39 is 17.7 Å². The van der Waals surface area contributed by atoms with Gasteiger partial charge in [-0.1, -0.05) is 48.0 Å². The van der Waals surface area contributed by atoms with Crippen molar-refractivity contribution in [2.45, 2.75) is 13.0 Å². The number of carbonyl (C=O) groups is 2. The van der Waals surface area contributed by atoms with Gasteiger partial charge in [-0.25, -0.2) is 4.98 Å². The molecule has 0 bridgehead atoms. The van der Waals surface area contributed by atoms with E-state index in [1.165, 1.54) is 4.90 Å². The molecule has 0 spiro atoms. The molecule has 6 nitrogen and oxygen atoms in total. The van der Waals surface area contributed by atoms with E-state index in [1.807, 2.05) is 19.1 Å². The van der Waals surface area contributed by atoms with Crippen molar-refractivity contribution in [3.05, 3.63) is 95.2 Å². The number of nitrogens with zero attached hydrogens (tertiary/aromatic N) is 2. The molecule has 150 valence electrons. The average Bonchev–Trinajstić information content (AvgIpc) is 3.05. The second-order valence-corrected chi connectivity index (χ2v) is 7.00. The van der Waals surface area contributed by atoms with Gasteiger partial charge < -0.3 is 9.84 Å². The molecule has 6 heteroatoms. The lowest BCUT2D eigenvalue weighted by Crippen LogP contribution is -2.30. The fourth-order valence-electron chi connectivity index (χ4n) is 3.53. The summed E-state index contributed by atoms with van der Waals surface area (Å²) in [5.41, 5.74) is 2.18. The Morgan fingerprint density at radius 1 is 1.00 bits per heavy atom. The maximum atomic E-state index is 13.0. The normalized spacial score (nSPS) is 17.9. The number of ether oxygens (including phenoxy) is 1. The van der Waals surface area contributed by atoms with Gasteiger partial charge in [0.25, 0.3) is 5.78 Å². The number of hydrogen-bond donors (Lipinski definition) is 1. The second kappa shape index (κ2) is 7.83. The number of rotatable bonds is 4. The van der Waals surface area contributed by atoms with E-state index in [1.54, 1.807) is 67.9 Å². The number of carbonyl (C=O) groups excluding carboxylic acids is 2. The van der Waals surface area contributed by atoms with Crippen LogP contribution in [0.5, 0.6) is 5.75 Å². The molecular weight excluding hydrogens is 380 g/mol. The third kappa shape index (κ3) is 3.33. The molecule has 1 atom stereocenters. The molecule has 1 aliphatic rings. The molecule has 3 aromatic rings. The highest BCUT2D eigenvalue weighted by Gasteiger charge is 2.47. The summed E-state index contributed by atoms with van der Waals surface area (Å²) >= 11 is 0. The molecule has 1 fully saturated rings. The van der Waals surface area contributed by atoms with E-state index in [2.05, 4.69) is 4.98 Å². The van der Waals surface area contributed by atoms with Crippen LogP contribution in [0, 0.1) is 6.92 Å². The van der Waals surface area contributed by atoms with Gasteiger partial charge in [0.1, 0.15) is 17.3 Å². The summed E-state index contributed by atoms with van der Waals surface area (Å²) in [5, 5.41) is 11.0. The van der Waals surface area contributed by atoms with Crippen LogP contribution in [0.1, 0.15) is 22.7 Å². The Bertz CT molecular complexity index is 1120. The Morgan fingerprint density at radius 2 is 1.70 bits per heavy atom. The summed E-state index contributed by atoms with van der Waals surface area (Å²) in [5.74, 6) is -0.717. The van der Waals surface area contributed by atoms with E-state index in [0.717, 1.165) is 5.56 Å². The van der Waals surface area contributed by atoms with Gasteiger partial charge in [0.2, 0.25) is 0 Å². The third-order valence-electron chi connectivity index (χ3n) is 5.10. The predicted octanol–water partition coefficient (Wildman–Crippen LogP) is 4.02. The Morgan fingerprint density at radius 3 is 2.30 bits per heavy atom. The largest absolute Gasteiger partial charge is 0.507 e. The summed E-state index contributed by atoms with van der Waals surface area (Å²) in [6.07, 6.45) is 1.56. The average molecular weight is 400 g/mol. The summed E-state index contributed by atoms with van der Waals surface area (Å²) in [4.78, 5) is 31.6. The number of methoxy groups -OCH3 is 1. The monoisotopic (exact) mass is 400 g/mol. The van der Waals surface area contributed by atoms with Gasteiger partial charge in [0, 0.05) is 11.8 Å². The zero-order chi connectivity index (χ0) is 21.3. The maximum Gasteiger partial charge on any atom is 0.301 e. The fraction of sp³-hybridized carbons (Fsp3) is 0.125. The van der Waals surface area contributed by atoms with Crippen LogP contribution < -0.4 is 9.64 Å². The number of aromatic nitrogens is 1. The molecule has 4 rings (SSSR count). The van der Waals surface area contributed by atoms with Crippen LogP contribution >= 0.6 is 0 Å². The molecule has 1 amide bonds. The van der Waals surface area contributed by atoms with Gasteiger partial charge in [-0.15, -0.1) is 0 Å². The number of aliphatic hydroxyl groups is 1. The van der Waals surface area contributed by atoms with Gasteiger partial charge in [-0.3, -0.25) is 14.5 Å². The maximum absolute atomic E-state index is 13.0. The highest BCUT2D eigenvalue weighted by Crippen LogP contribution is 2.41. The Kier molecular flexibility index (Phi) is 5.06. The number of benzene rings is 2. The second-order valence-electron chi connectivity index (χ2n) is 7.00. The Labute approximate surface area is 174 Å². The van der Waals surface area contributed by atoms with Crippen molar-refractivity contribution < 1.29 is 19.4 Å². The first-order chi connectivity index (χ1) is 14.5. The smallest absolute Gasteiger partial charge is 0.301 e. The highest BCUT2D eigenvalue weighted by molar-refractivity contribution is 6.51. The van der Waals surface area contributed by atoms with Crippen molar-refractivity contribution in [2.75, 3.05) is 12.0 Å². The highest BCUT2D eigenvalue weighted by atomic mass is 16.5. The van der Waals surface area contributed by atoms with Crippen molar-refractivity contribution in [1.29, 1.82) is 0 Å². The zero-order valence-corrected chi connectivity index (χ0v) is 16.6. The summed E-state index contributed by atoms with van der Waals surface area (Å²) in [6, 6.07) is 18.5. The van der Waals surface area contributed by atoms with E-state index in [-0.39, 0.29) is 11.3 Å². The molecular formula is C24H20N2O4. The van der Waals surface area contributed by atoms with Crippen molar-refractivity contribution in [1.82, 2.24) is 4.98 Å². The van der Waals surface area contributed by atoms with Crippen molar-refractivity contribution >= 4 is 23.3 Å². The summed E-state index contributed by atoms with van der Waals surface area (Å²) < 4.78 is 5.22. The number of hydrogen-bond acceptors (Lipinski definition) is 5. The molecule has 1 saturated heterocycles. The van der Waals surface area contributed by atoms with Crippen molar-refractivity contribution in [3.8, 4) is 5.75 Å². The van der Waals surface area contributed by atoms with Gasteiger partial charge in [0.05, 0.1) is 18.7 Å². The van der Waals surface area contributed by atoms with Gasteiger partial charge in [0.15, 0.2) is 0 Å². The predicted molar refractivity (Wildman–Crippen MR) is 113 cm³/mol. The number of aliphatic hydroxyl groups excluding tert-OH is 1. The van der Waals surface area contributed by atoms with Crippen LogP contribution in [0.3, 0.4) is 0 Å². The van der Waals surface area contributed by atoms with Crippen LogP contribution in [0.2, 0.25) is 0 Å². The molecule has 2 heterocycles. The fourth-order valence-corrected chi connectivity index (χ4v) is 3.53. The SMILES string of the molecule is COc1ccc([C@H]2/C(=C(\O)c3ccc(C)cc3)C(=O)C(=O)N2c2ccccn2)cc1. The molecule has 1 aliphatic heterocycles. The molecule has 30 heavy (non-hydrogen) atoms. The van der Waals surface area contributed by atoms with E-state index >= 15 is 0 Å². The molecule has 2 aromatic carbocycles. The quantitative estimate of drug-likeness (QED) is 0.406. The van der Waals surface area contributed by atoms with Gasteiger partial charge in [-0.2, -0.15) is 0 Å². The minimum absolute atomic E-state index is 0.0275. The minimum atomic E-state index is -0.813. The molecule has 0 unspecified atom stereocenters. The molecule has 1 N–H and O–H groups in total. The van der Waals surface area contributed by atoms with Crippen LogP contribution in [0.25, 0.3) is 5.76 Å². The lowest BCUT2D eigenvalue weighted by Gasteiger charge is -2.24. The van der Waals surface area contributed by atoms with Gasteiger partial charge >= 0.3 is 5.91 Å². The van der Waals surface area contributed by atoms with Crippen LogP contribution in [0.15, 0.2) is 78.5 Å². The zero-order valence-electron chi connectivity index (χ0n) is 16.6. The van der Waals surface area contributed by atoms with Gasteiger partial charge in [-0.05, 0) is 36.8 Å². The lowest BCUT2D eigenvalue weighted by molar-refractivity contribution is -0.132. The minimum Gasteiger partial charge on any atom is -0.507 e. The number of Topliss-reactive ketones (excluding diaryl/α,β-unsaturated/α-hetero) is 1.